The van der Waals surface area contributed by atoms with Crippen LogP contribution in [0.25, 0.3) is 10.9 Å². The second-order valence-corrected chi connectivity index (χ2v) is 6.13. The molecule has 0 unspecified atom stereocenters. The van der Waals surface area contributed by atoms with E-state index >= 15 is 0 Å². The summed E-state index contributed by atoms with van der Waals surface area (Å²) in [6.07, 6.45) is 6.25. The third kappa shape index (κ3) is 3.08. The Bertz CT molecular complexity index is 634. The van der Waals surface area contributed by atoms with E-state index in [4.69, 9.17) is 0 Å². The molecule has 5 nitrogen and oxygen atoms in total. The number of nitrogens with one attached hydrogen (secondary N) is 2. The number of hydrogen-bond acceptors (Lipinski definition) is 3. The summed E-state index contributed by atoms with van der Waals surface area (Å²) in [6.45, 7) is 0. The van der Waals surface area contributed by atoms with Crippen LogP contribution in [0, 0.1) is 0 Å². The Balaban J connectivity index is 1.67. The molecule has 2 atom stereocenters. The van der Waals surface area contributed by atoms with E-state index in [2.05, 4.69) is 34.5 Å². The molecule has 1 aliphatic carbocycles. The number of H-pyrrole nitrogens is 1. The molecule has 0 radical (unpaired) electrons. The number of aromatic nitrogens is 2. The summed E-state index contributed by atoms with van der Waals surface area (Å²) in [4.78, 5) is 14.7. The highest BCUT2D eigenvalue weighted by Crippen LogP contribution is 2.22. The molecule has 1 aromatic heterocycles. The summed E-state index contributed by atoms with van der Waals surface area (Å²) < 4.78 is 0. The molecule has 1 amide bonds. The molecule has 2 N–H and O–H groups in total. The molecule has 112 valence electrons. The summed E-state index contributed by atoms with van der Waals surface area (Å²) in [5.41, 5.74) is 1.66. The topological polar surface area (TPSA) is 61.0 Å². The molecular formula is C16H22N4O. The molecule has 1 saturated carbocycles. The smallest absolute Gasteiger partial charge is 0.251 e. The van der Waals surface area contributed by atoms with E-state index < -0.39 is 0 Å². The minimum atomic E-state index is 0.0162. The van der Waals surface area contributed by atoms with Gasteiger partial charge in [-0.2, -0.15) is 5.10 Å². The van der Waals surface area contributed by atoms with E-state index in [-0.39, 0.29) is 11.9 Å². The second kappa shape index (κ2) is 5.85. The number of amides is 1. The quantitative estimate of drug-likeness (QED) is 0.909. The third-order valence-corrected chi connectivity index (χ3v) is 4.41. The number of nitrogens with zero attached hydrogens (tertiary/aromatic N) is 2. The Morgan fingerprint density at radius 2 is 2.24 bits per heavy atom. The summed E-state index contributed by atoms with van der Waals surface area (Å²) in [5.74, 6) is 0.0162. The molecule has 0 spiro atoms. The summed E-state index contributed by atoms with van der Waals surface area (Å²) in [5, 5.41) is 11.0. The van der Waals surface area contributed by atoms with Gasteiger partial charge in [0.2, 0.25) is 0 Å². The Kier molecular flexibility index (Phi) is 3.92. The average molecular weight is 286 g/mol. The molecular weight excluding hydrogens is 264 g/mol. The predicted octanol–water partition coefficient (Wildman–Crippen LogP) is 2.17. The van der Waals surface area contributed by atoms with Crippen LogP contribution in [0.5, 0.6) is 0 Å². The van der Waals surface area contributed by atoms with Gasteiger partial charge in [0, 0.05) is 23.0 Å². The molecule has 0 aliphatic heterocycles. The van der Waals surface area contributed by atoms with Crippen LogP contribution in [0.2, 0.25) is 0 Å². The van der Waals surface area contributed by atoms with Crippen molar-refractivity contribution >= 4 is 16.8 Å². The highest BCUT2D eigenvalue weighted by Gasteiger charge is 2.24. The summed E-state index contributed by atoms with van der Waals surface area (Å²) in [7, 11) is 4.23. The highest BCUT2D eigenvalue weighted by molar-refractivity contribution is 5.98. The number of benzene rings is 1. The lowest BCUT2D eigenvalue weighted by atomic mass is 9.90. The van der Waals surface area contributed by atoms with E-state index in [1.54, 1.807) is 6.20 Å². The fourth-order valence-corrected chi connectivity index (χ4v) is 3.12. The van der Waals surface area contributed by atoms with Crippen LogP contribution in [-0.2, 0) is 0 Å². The van der Waals surface area contributed by atoms with Gasteiger partial charge in [-0.3, -0.25) is 9.89 Å². The van der Waals surface area contributed by atoms with Gasteiger partial charge in [0.25, 0.3) is 5.91 Å². The van der Waals surface area contributed by atoms with Gasteiger partial charge in [-0.05, 0) is 58.0 Å². The van der Waals surface area contributed by atoms with Crippen LogP contribution in [0.3, 0.4) is 0 Å². The number of rotatable bonds is 3. The first-order valence-corrected chi connectivity index (χ1v) is 7.54. The first-order valence-electron chi connectivity index (χ1n) is 7.54. The summed E-state index contributed by atoms with van der Waals surface area (Å²) in [6, 6.07) is 6.49. The van der Waals surface area contributed by atoms with Gasteiger partial charge in [0.1, 0.15) is 0 Å². The number of carbonyl (C=O) groups is 1. The van der Waals surface area contributed by atoms with E-state index in [1.807, 2.05) is 18.2 Å². The van der Waals surface area contributed by atoms with Crippen LogP contribution < -0.4 is 5.32 Å². The van der Waals surface area contributed by atoms with Crippen LogP contribution in [0.4, 0.5) is 0 Å². The fourth-order valence-electron chi connectivity index (χ4n) is 3.12. The number of aromatic amines is 1. The van der Waals surface area contributed by atoms with Crippen molar-refractivity contribution < 1.29 is 4.79 Å². The van der Waals surface area contributed by atoms with Gasteiger partial charge in [-0.15, -0.1) is 0 Å². The van der Waals surface area contributed by atoms with Gasteiger partial charge >= 0.3 is 0 Å². The van der Waals surface area contributed by atoms with Crippen LogP contribution >= 0.6 is 0 Å². The Labute approximate surface area is 124 Å². The van der Waals surface area contributed by atoms with Crippen molar-refractivity contribution in [2.24, 2.45) is 0 Å². The van der Waals surface area contributed by atoms with Crippen molar-refractivity contribution in [2.75, 3.05) is 14.1 Å². The van der Waals surface area contributed by atoms with E-state index in [0.29, 0.717) is 11.6 Å². The van der Waals surface area contributed by atoms with Crippen molar-refractivity contribution in [2.45, 2.75) is 37.8 Å². The van der Waals surface area contributed by atoms with Crippen LogP contribution in [-0.4, -0.2) is 47.2 Å². The largest absolute Gasteiger partial charge is 0.349 e. The van der Waals surface area contributed by atoms with Crippen molar-refractivity contribution in [1.82, 2.24) is 20.4 Å². The Morgan fingerprint density at radius 3 is 3.05 bits per heavy atom. The normalized spacial score (nSPS) is 22.6. The van der Waals surface area contributed by atoms with Crippen molar-refractivity contribution in [3.05, 3.63) is 30.0 Å². The lowest BCUT2D eigenvalue weighted by Crippen LogP contribution is -2.43. The zero-order valence-electron chi connectivity index (χ0n) is 12.6. The van der Waals surface area contributed by atoms with Gasteiger partial charge < -0.3 is 10.2 Å². The lowest BCUT2D eigenvalue weighted by molar-refractivity contribution is 0.0911. The number of fused-ring (bicyclic) bond motifs is 1. The molecule has 0 saturated heterocycles. The second-order valence-electron chi connectivity index (χ2n) is 6.13. The first-order chi connectivity index (χ1) is 10.1. The number of carbonyl (C=O) groups excluding carboxylic acids is 1. The monoisotopic (exact) mass is 286 g/mol. The molecule has 1 fully saturated rings. The van der Waals surface area contributed by atoms with E-state index in [0.717, 1.165) is 23.7 Å². The van der Waals surface area contributed by atoms with Gasteiger partial charge in [-0.25, -0.2) is 0 Å². The molecule has 21 heavy (non-hydrogen) atoms. The Hall–Kier alpha value is -1.88. The molecule has 1 aromatic carbocycles. The zero-order valence-corrected chi connectivity index (χ0v) is 12.6. The SMILES string of the molecule is CN(C)[C@@H]1CCC[C@H](NC(=O)c2ccc3[nH]ncc3c2)C1. The number of hydrogen-bond donors (Lipinski definition) is 2. The van der Waals surface area contributed by atoms with E-state index in [9.17, 15) is 4.79 Å². The average Bonchev–Trinajstić information content (AvgIpc) is 2.94. The van der Waals surface area contributed by atoms with E-state index in [1.165, 1.54) is 12.8 Å². The highest BCUT2D eigenvalue weighted by atomic mass is 16.1. The minimum absolute atomic E-state index is 0.0162. The lowest BCUT2D eigenvalue weighted by Gasteiger charge is -2.33. The molecule has 1 aliphatic rings. The maximum Gasteiger partial charge on any atom is 0.251 e. The van der Waals surface area contributed by atoms with Gasteiger partial charge in [0.15, 0.2) is 0 Å². The van der Waals surface area contributed by atoms with Crippen LogP contribution in [0.15, 0.2) is 24.4 Å². The zero-order chi connectivity index (χ0) is 14.8. The van der Waals surface area contributed by atoms with Gasteiger partial charge in [-0.1, -0.05) is 0 Å². The molecule has 0 bridgehead atoms. The maximum absolute atomic E-state index is 12.4. The maximum atomic E-state index is 12.4. The summed E-state index contributed by atoms with van der Waals surface area (Å²) >= 11 is 0. The van der Waals surface area contributed by atoms with Crippen molar-refractivity contribution in [1.29, 1.82) is 0 Å². The molecule has 3 rings (SSSR count). The fraction of sp³-hybridized carbons (Fsp3) is 0.500. The molecule has 5 heteroatoms. The Morgan fingerprint density at radius 1 is 1.38 bits per heavy atom. The molecule has 2 aromatic rings. The van der Waals surface area contributed by atoms with Crippen LogP contribution in [0.1, 0.15) is 36.0 Å². The molecule has 1 heterocycles. The standard InChI is InChI=1S/C16H22N4O/c1-20(2)14-5-3-4-13(9-14)18-16(21)11-6-7-15-12(8-11)10-17-19-15/h6-8,10,13-14H,3-5,9H2,1-2H3,(H,17,19)(H,18,21)/t13-,14+/m0/s1. The van der Waals surface area contributed by atoms with Crippen molar-refractivity contribution in [3.8, 4) is 0 Å². The minimum Gasteiger partial charge on any atom is -0.349 e. The predicted molar refractivity (Wildman–Crippen MR) is 83.3 cm³/mol. The van der Waals surface area contributed by atoms with Crippen molar-refractivity contribution in [3.63, 3.8) is 0 Å². The third-order valence-electron chi connectivity index (χ3n) is 4.41. The van der Waals surface area contributed by atoms with Gasteiger partial charge in [0.05, 0.1) is 11.7 Å². The first kappa shape index (κ1) is 14.1.